The van der Waals surface area contributed by atoms with E-state index in [4.69, 9.17) is 14.2 Å². The summed E-state index contributed by atoms with van der Waals surface area (Å²) in [4.78, 5) is 25.8. The molecule has 32 heavy (non-hydrogen) atoms. The minimum Gasteiger partial charge on any atom is -0.497 e. The molecule has 2 N–H and O–H groups in total. The molecule has 1 atom stereocenters. The molecular weight excluding hydrogens is 410 g/mol. The summed E-state index contributed by atoms with van der Waals surface area (Å²) in [6.45, 7) is -0.257. The normalized spacial score (nSPS) is 14.8. The Balaban J connectivity index is 1.52. The lowest BCUT2D eigenvalue weighted by atomic mass is 10.0. The van der Waals surface area contributed by atoms with Crippen LogP contribution in [-0.2, 0) is 4.79 Å². The molecule has 0 aromatic heterocycles. The second-order valence-electron chi connectivity index (χ2n) is 7.04. The number of carbonyl (C=O) groups is 2. The first-order chi connectivity index (χ1) is 15.6. The van der Waals surface area contributed by atoms with Gasteiger partial charge in [0.2, 0.25) is 0 Å². The van der Waals surface area contributed by atoms with Crippen LogP contribution in [0.25, 0.3) is 0 Å². The van der Waals surface area contributed by atoms with Gasteiger partial charge in [-0.1, -0.05) is 24.3 Å². The molecule has 0 saturated carbocycles. The van der Waals surface area contributed by atoms with Gasteiger partial charge in [-0.3, -0.25) is 15.0 Å². The van der Waals surface area contributed by atoms with Crippen LogP contribution < -0.4 is 25.0 Å². The van der Waals surface area contributed by atoms with E-state index in [0.717, 1.165) is 5.56 Å². The Morgan fingerprint density at radius 2 is 1.50 bits per heavy atom. The van der Waals surface area contributed by atoms with Crippen LogP contribution in [0.3, 0.4) is 0 Å². The SMILES string of the molecule is COc1ccc(OCC(=O)NN2C(=O)c3ccccc3NC2c2ccc(OC)cc2)cc1. The van der Waals surface area contributed by atoms with Gasteiger partial charge in [0.1, 0.15) is 23.4 Å². The van der Waals surface area contributed by atoms with E-state index in [1.807, 2.05) is 24.3 Å². The first-order valence-corrected chi connectivity index (χ1v) is 9.98. The fourth-order valence-electron chi connectivity index (χ4n) is 3.38. The van der Waals surface area contributed by atoms with Crippen molar-refractivity contribution in [2.24, 2.45) is 0 Å². The van der Waals surface area contributed by atoms with Crippen LogP contribution in [0.2, 0.25) is 0 Å². The lowest BCUT2D eigenvalue weighted by Gasteiger charge is -2.37. The number of nitrogens with zero attached hydrogens (tertiary/aromatic N) is 1. The molecule has 1 aliphatic rings. The van der Waals surface area contributed by atoms with E-state index < -0.39 is 12.1 Å². The van der Waals surface area contributed by atoms with E-state index in [1.165, 1.54) is 5.01 Å². The van der Waals surface area contributed by atoms with Gasteiger partial charge in [-0.05, 0) is 54.1 Å². The summed E-state index contributed by atoms with van der Waals surface area (Å²) in [5.74, 6) is 1.11. The van der Waals surface area contributed by atoms with Crippen molar-refractivity contribution in [3.63, 3.8) is 0 Å². The van der Waals surface area contributed by atoms with Crippen molar-refractivity contribution in [1.29, 1.82) is 0 Å². The third kappa shape index (κ3) is 4.44. The van der Waals surface area contributed by atoms with Crippen molar-refractivity contribution in [2.45, 2.75) is 6.17 Å². The number of ether oxygens (including phenoxy) is 3. The molecule has 8 heteroatoms. The van der Waals surface area contributed by atoms with E-state index in [9.17, 15) is 9.59 Å². The van der Waals surface area contributed by atoms with Gasteiger partial charge < -0.3 is 19.5 Å². The fraction of sp³-hybridized carbons (Fsp3) is 0.167. The van der Waals surface area contributed by atoms with Crippen LogP contribution in [0.15, 0.2) is 72.8 Å². The van der Waals surface area contributed by atoms with Crippen LogP contribution in [0.5, 0.6) is 17.2 Å². The Morgan fingerprint density at radius 3 is 2.16 bits per heavy atom. The Labute approximate surface area is 185 Å². The smallest absolute Gasteiger partial charge is 0.276 e. The van der Waals surface area contributed by atoms with Crippen molar-refractivity contribution >= 4 is 17.5 Å². The van der Waals surface area contributed by atoms with Crippen molar-refractivity contribution in [3.8, 4) is 17.2 Å². The topological polar surface area (TPSA) is 89.1 Å². The van der Waals surface area contributed by atoms with Gasteiger partial charge in [0, 0.05) is 5.69 Å². The molecule has 4 rings (SSSR count). The third-order valence-corrected chi connectivity index (χ3v) is 5.03. The Bertz CT molecular complexity index is 1100. The van der Waals surface area contributed by atoms with Gasteiger partial charge in [-0.2, -0.15) is 0 Å². The number of hydrogen-bond acceptors (Lipinski definition) is 6. The molecule has 3 aromatic rings. The maximum atomic E-state index is 13.2. The molecule has 0 bridgehead atoms. The van der Waals surface area contributed by atoms with Gasteiger partial charge in [-0.15, -0.1) is 0 Å². The number of hydrazine groups is 1. The standard InChI is InChI=1S/C24H23N3O5/c1-30-17-9-7-16(8-10-17)23-25-21-6-4-3-5-20(21)24(29)27(23)26-22(28)15-32-19-13-11-18(31-2)12-14-19/h3-14,23,25H,15H2,1-2H3,(H,26,28). The average Bonchev–Trinajstić information content (AvgIpc) is 2.85. The molecular formula is C24H23N3O5. The molecule has 164 valence electrons. The maximum absolute atomic E-state index is 13.2. The number of methoxy groups -OCH3 is 2. The number of rotatable bonds is 7. The minimum absolute atomic E-state index is 0.257. The zero-order valence-electron chi connectivity index (χ0n) is 17.7. The summed E-state index contributed by atoms with van der Waals surface area (Å²) in [5, 5.41) is 4.60. The number of amides is 2. The lowest BCUT2D eigenvalue weighted by molar-refractivity contribution is -0.127. The zero-order valence-corrected chi connectivity index (χ0v) is 17.7. The first kappa shape index (κ1) is 21.0. The third-order valence-electron chi connectivity index (χ3n) is 5.03. The van der Waals surface area contributed by atoms with Crippen molar-refractivity contribution in [1.82, 2.24) is 10.4 Å². The van der Waals surface area contributed by atoms with Crippen molar-refractivity contribution in [2.75, 3.05) is 26.1 Å². The van der Waals surface area contributed by atoms with Crippen LogP contribution in [-0.4, -0.2) is 37.6 Å². The van der Waals surface area contributed by atoms with Gasteiger partial charge in [0.05, 0.1) is 19.8 Å². The predicted octanol–water partition coefficient (Wildman–Crippen LogP) is 3.38. The highest BCUT2D eigenvalue weighted by Crippen LogP contribution is 2.32. The van der Waals surface area contributed by atoms with Gasteiger partial charge in [-0.25, -0.2) is 5.01 Å². The lowest BCUT2D eigenvalue weighted by Crippen LogP contribution is -2.53. The van der Waals surface area contributed by atoms with Crippen LogP contribution in [0, 0.1) is 0 Å². The van der Waals surface area contributed by atoms with E-state index >= 15 is 0 Å². The van der Waals surface area contributed by atoms with Crippen LogP contribution >= 0.6 is 0 Å². The van der Waals surface area contributed by atoms with Gasteiger partial charge in [0.15, 0.2) is 6.61 Å². The highest BCUT2D eigenvalue weighted by molar-refractivity contribution is 6.02. The number of carbonyl (C=O) groups excluding carboxylic acids is 2. The summed E-state index contributed by atoms with van der Waals surface area (Å²) < 4.78 is 15.9. The van der Waals surface area contributed by atoms with Gasteiger partial charge in [0.25, 0.3) is 11.8 Å². The molecule has 0 aliphatic carbocycles. The summed E-state index contributed by atoms with van der Waals surface area (Å²) >= 11 is 0. The van der Waals surface area contributed by atoms with E-state index in [1.54, 1.807) is 62.8 Å². The second kappa shape index (κ2) is 9.30. The van der Waals surface area contributed by atoms with E-state index in [-0.39, 0.29) is 12.5 Å². The summed E-state index contributed by atoms with van der Waals surface area (Å²) in [5.41, 5.74) is 4.62. The Kier molecular flexibility index (Phi) is 6.12. The predicted molar refractivity (Wildman–Crippen MR) is 119 cm³/mol. The molecule has 0 radical (unpaired) electrons. The molecule has 0 fully saturated rings. The monoisotopic (exact) mass is 433 g/mol. The molecule has 1 heterocycles. The molecule has 0 saturated heterocycles. The summed E-state index contributed by atoms with van der Waals surface area (Å²) in [6, 6.07) is 21.3. The highest BCUT2D eigenvalue weighted by atomic mass is 16.5. The molecule has 2 amide bonds. The summed E-state index contributed by atoms with van der Waals surface area (Å²) in [6.07, 6.45) is -0.603. The van der Waals surface area contributed by atoms with Crippen LogP contribution in [0.4, 0.5) is 5.69 Å². The maximum Gasteiger partial charge on any atom is 0.276 e. The molecule has 8 nitrogen and oxygen atoms in total. The number of hydrogen-bond donors (Lipinski definition) is 2. The number of para-hydroxylation sites is 1. The molecule has 0 spiro atoms. The summed E-state index contributed by atoms with van der Waals surface area (Å²) in [7, 11) is 3.16. The van der Waals surface area contributed by atoms with Gasteiger partial charge >= 0.3 is 0 Å². The highest BCUT2D eigenvalue weighted by Gasteiger charge is 2.34. The number of fused-ring (bicyclic) bond motifs is 1. The quantitative estimate of drug-likeness (QED) is 0.594. The second-order valence-corrected chi connectivity index (χ2v) is 7.04. The first-order valence-electron chi connectivity index (χ1n) is 9.98. The van der Waals surface area contributed by atoms with E-state index in [2.05, 4.69) is 10.7 Å². The van der Waals surface area contributed by atoms with E-state index in [0.29, 0.717) is 28.5 Å². The Morgan fingerprint density at radius 1 is 0.906 bits per heavy atom. The molecule has 3 aromatic carbocycles. The molecule has 1 unspecified atom stereocenters. The number of nitrogens with one attached hydrogen (secondary N) is 2. The average molecular weight is 433 g/mol. The van der Waals surface area contributed by atoms with Crippen LogP contribution in [0.1, 0.15) is 22.1 Å². The minimum atomic E-state index is -0.603. The number of benzene rings is 3. The number of anilines is 1. The Hall–Kier alpha value is -4.20. The molecule has 1 aliphatic heterocycles. The largest absolute Gasteiger partial charge is 0.497 e. The fourth-order valence-corrected chi connectivity index (χ4v) is 3.38. The zero-order chi connectivity index (χ0) is 22.5. The van der Waals surface area contributed by atoms with Crippen molar-refractivity contribution in [3.05, 3.63) is 83.9 Å². The van der Waals surface area contributed by atoms with Crippen molar-refractivity contribution < 1.29 is 23.8 Å².